The first-order valence-electron chi connectivity index (χ1n) is 2.74. The predicted molar refractivity (Wildman–Crippen MR) is 34.7 cm³/mol. The number of carbonyl (C=O) groups is 1. The van der Waals surface area contributed by atoms with Gasteiger partial charge in [0.15, 0.2) is 0 Å². The molecule has 9 heavy (non-hydrogen) atoms. The highest BCUT2D eigenvalue weighted by atomic mass is 16.4. The highest BCUT2D eigenvalue weighted by molar-refractivity contribution is 5.80. The summed E-state index contributed by atoms with van der Waals surface area (Å²) in [6.07, 6.45) is 1.02. The van der Waals surface area contributed by atoms with Crippen LogP contribution < -0.4 is 5.73 Å². The summed E-state index contributed by atoms with van der Waals surface area (Å²) in [5, 5.41) is 8.18. The summed E-state index contributed by atoms with van der Waals surface area (Å²) in [6, 6.07) is 0. The highest BCUT2D eigenvalue weighted by Crippen LogP contribution is 2.00. The number of hydrogen-bond donors (Lipinski definition) is 2. The zero-order valence-corrected chi connectivity index (χ0v) is 5.59. The van der Waals surface area contributed by atoms with Crippen LogP contribution in [0.2, 0.25) is 0 Å². The lowest BCUT2D eigenvalue weighted by atomic mass is 10.1. The molecule has 0 fully saturated rings. The van der Waals surface area contributed by atoms with E-state index in [0.717, 1.165) is 6.08 Å². The molecule has 0 unspecified atom stereocenters. The van der Waals surface area contributed by atoms with Crippen molar-refractivity contribution in [3.05, 3.63) is 11.8 Å². The zero-order valence-electron chi connectivity index (χ0n) is 5.59. The van der Waals surface area contributed by atoms with Gasteiger partial charge in [-0.2, -0.15) is 0 Å². The molecule has 0 bridgehead atoms. The number of allylic oxidation sites excluding steroid dienone is 1. The van der Waals surface area contributed by atoms with Crippen LogP contribution in [0, 0.1) is 5.92 Å². The normalized spacial score (nSPS) is 12.1. The summed E-state index contributed by atoms with van der Waals surface area (Å²) in [5.41, 5.74) is 5.70. The molecular formula is C6H11NO2. The van der Waals surface area contributed by atoms with E-state index in [9.17, 15) is 4.79 Å². The molecule has 0 aliphatic heterocycles. The van der Waals surface area contributed by atoms with Crippen molar-refractivity contribution in [2.75, 3.05) is 0 Å². The van der Waals surface area contributed by atoms with Crippen LogP contribution in [0.25, 0.3) is 0 Å². The summed E-state index contributed by atoms with van der Waals surface area (Å²) in [4.78, 5) is 9.96. The second kappa shape index (κ2) is 3.12. The molecule has 0 aromatic heterocycles. The quantitative estimate of drug-likeness (QED) is 0.536. The maximum Gasteiger partial charge on any atom is 0.330 e. The van der Waals surface area contributed by atoms with Crippen molar-refractivity contribution in [2.45, 2.75) is 13.8 Å². The lowest BCUT2D eigenvalue weighted by Crippen LogP contribution is -2.07. The second-order valence-corrected chi connectivity index (χ2v) is 2.14. The van der Waals surface area contributed by atoms with E-state index in [1.54, 1.807) is 0 Å². The smallest absolute Gasteiger partial charge is 0.330 e. The lowest BCUT2D eigenvalue weighted by Gasteiger charge is -2.01. The molecule has 3 heteroatoms. The van der Waals surface area contributed by atoms with Crippen LogP contribution in [0.15, 0.2) is 11.8 Å². The third kappa shape index (κ3) is 3.58. The van der Waals surface area contributed by atoms with Crippen LogP contribution in [-0.4, -0.2) is 11.1 Å². The minimum atomic E-state index is -0.985. The Bertz CT molecular complexity index is 138. The van der Waals surface area contributed by atoms with Gasteiger partial charge in [0.25, 0.3) is 0 Å². The van der Waals surface area contributed by atoms with Crippen LogP contribution in [0.5, 0.6) is 0 Å². The Morgan fingerprint density at radius 1 is 1.67 bits per heavy atom. The minimum Gasteiger partial charge on any atom is -0.478 e. The molecule has 0 aromatic rings. The van der Waals surface area contributed by atoms with E-state index in [4.69, 9.17) is 10.8 Å². The summed E-state index contributed by atoms with van der Waals surface area (Å²) in [6.45, 7) is 3.68. The molecule has 0 spiro atoms. The fourth-order valence-corrected chi connectivity index (χ4v) is 0.309. The van der Waals surface area contributed by atoms with Gasteiger partial charge < -0.3 is 10.8 Å². The van der Waals surface area contributed by atoms with Gasteiger partial charge >= 0.3 is 5.97 Å². The van der Waals surface area contributed by atoms with Gasteiger partial charge in [-0.25, -0.2) is 4.79 Å². The van der Waals surface area contributed by atoms with Gasteiger partial charge in [-0.05, 0) is 5.92 Å². The lowest BCUT2D eigenvalue weighted by molar-refractivity contribution is -0.131. The number of aliphatic carboxylic acids is 1. The van der Waals surface area contributed by atoms with Gasteiger partial charge in [-0.1, -0.05) is 13.8 Å². The molecule has 0 radical (unpaired) electrons. The Morgan fingerprint density at radius 2 is 2.11 bits per heavy atom. The van der Waals surface area contributed by atoms with Crippen LogP contribution in [-0.2, 0) is 4.79 Å². The Hall–Kier alpha value is -0.990. The maximum atomic E-state index is 9.96. The summed E-state index contributed by atoms with van der Waals surface area (Å²) in [5.74, 6) is -0.873. The largest absolute Gasteiger partial charge is 0.478 e. The van der Waals surface area contributed by atoms with Crippen molar-refractivity contribution >= 4 is 5.97 Å². The third-order valence-corrected chi connectivity index (χ3v) is 0.957. The van der Waals surface area contributed by atoms with E-state index in [2.05, 4.69) is 0 Å². The van der Waals surface area contributed by atoms with Crippen molar-refractivity contribution in [3.63, 3.8) is 0 Å². The van der Waals surface area contributed by atoms with Gasteiger partial charge in [0.2, 0.25) is 0 Å². The van der Waals surface area contributed by atoms with E-state index >= 15 is 0 Å². The van der Waals surface area contributed by atoms with Gasteiger partial charge in [0.05, 0.1) is 0 Å². The van der Waals surface area contributed by atoms with Gasteiger partial charge in [0, 0.05) is 11.8 Å². The van der Waals surface area contributed by atoms with Crippen LogP contribution in [0.3, 0.4) is 0 Å². The first-order valence-corrected chi connectivity index (χ1v) is 2.74. The standard InChI is InChI=1S/C6H11NO2/c1-4(2)5(7)3-6(8)9/h3-4H,7H2,1-2H3,(H,8,9)/b5-3-. The molecule has 0 atom stereocenters. The average Bonchev–Trinajstić information content (AvgIpc) is 1.63. The molecule has 0 aromatic carbocycles. The number of carboxylic acid groups (broad SMARTS) is 1. The van der Waals surface area contributed by atoms with Gasteiger partial charge in [-0.15, -0.1) is 0 Å². The fraction of sp³-hybridized carbons (Fsp3) is 0.500. The van der Waals surface area contributed by atoms with Crippen molar-refractivity contribution < 1.29 is 9.90 Å². The van der Waals surface area contributed by atoms with E-state index < -0.39 is 5.97 Å². The number of nitrogens with two attached hydrogens (primary N) is 1. The van der Waals surface area contributed by atoms with Gasteiger partial charge in [-0.3, -0.25) is 0 Å². The van der Waals surface area contributed by atoms with Crippen LogP contribution in [0.4, 0.5) is 0 Å². The Labute approximate surface area is 54.2 Å². The molecular weight excluding hydrogens is 118 g/mol. The van der Waals surface area contributed by atoms with Crippen molar-refractivity contribution in [2.24, 2.45) is 11.7 Å². The van der Waals surface area contributed by atoms with E-state index in [-0.39, 0.29) is 5.92 Å². The molecule has 3 N–H and O–H groups in total. The predicted octanol–water partition coefficient (Wildman–Crippen LogP) is 0.570. The minimum absolute atomic E-state index is 0.112. The van der Waals surface area contributed by atoms with Crippen LogP contribution >= 0.6 is 0 Å². The SMILES string of the molecule is CC(C)/C(N)=C/C(=O)O. The van der Waals surface area contributed by atoms with Crippen LogP contribution in [0.1, 0.15) is 13.8 Å². The first-order chi connectivity index (χ1) is 4.04. The molecule has 0 aliphatic carbocycles. The fourth-order valence-electron chi connectivity index (χ4n) is 0.309. The highest BCUT2D eigenvalue weighted by Gasteiger charge is 1.98. The molecule has 0 saturated heterocycles. The molecule has 0 amide bonds. The number of hydrogen-bond acceptors (Lipinski definition) is 2. The Balaban J connectivity index is 4.00. The number of rotatable bonds is 2. The topological polar surface area (TPSA) is 63.3 Å². The van der Waals surface area contributed by atoms with Crippen molar-refractivity contribution in [3.8, 4) is 0 Å². The third-order valence-electron chi connectivity index (χ3n) is 0.957. The maximum absolute atomic E-state index is 9.96. The summed E-state index contributed by atoms with van der Waals surface area (Å²) in [7, 11) is 0. The molecule has 0 heterocycles. The van der Waals surface area contributed by atoms with E-state index in [0.29, 0.717) is 5.70 Å². The monoisotopic (exact) mass is 129 g/mol. The molecule has 0 aliphatic rings. The molecule has 52 valence electrons. The summed E-state index contributed by atoms with van der Waals surface area (Å²) < 4.78 is 0. The summed E-state index contributed by atoms with van der Waals surface area (Å²) >= 11 is 0. The van der Waals surface area contributed by atoms with Gasteiger partial charge in [0.1, 0.15) is 0 Å². The Kier molecular flexibility index (Phi) is 2.78. The zero-order chi connectivity index (χ0) is 7.44. The molecule has 3 nitrogen and oxygen atoms in total. The van der Waals surface area contributed by atoms with Crippen molar-refractivity contribution in [1.82, 2.24) is 0 Å². The average molecular weight is 129 g/mol. The second-order valence-electron chi connectivity index (χ2n) is 2.14. The van der Waals surface area contributed by atoms with E-state index in [1.807, 2.05) is 13.8 Å². The number of carboxylic acids is 1. The van der Waals surface area contributed by atoms with Crippen molar-refractivity contribution in [1.29, 1.82) is 0 Å². The molecule has 0 rings (SSSR count). The first kappa shape index (κ1) is 8.01. The Morgan fingerprint density at radius 3 is 2.22 bits per heavy atom. The molecule has 0 saturated carbocycles. The van der Waals surface area contributed by atoms with E-state index in [1.165, 1.54) is 0 Å².